The van der Waals surface area contributed by atoms with Gasteiger partial charge in [-0.15, -0.1) is 0 Å². The van der Waals surface area contributed by atoms with E-state index in [1.807, 2.05) is 19.5 Å². The molecular weight excluding hydrogens is 246 g/mol. The average Bonchev–Trinajstić information content (AvgIpc) is 2.82. The molecule has 0 fully saturated rings. The molecule has 0 bridgehead atoms. The molecule has 1 unspecified atom stereocenters. The molecule has 1 aromatic rings. The number of nitrogens with one attached hydrogen (secondary N) is 1. The summed E-state index contributed by atoms with van der Waals surface area (Å²) in [6.07, 6.45) is 0. The van der Waals surface area contributed by atoms with Gasteiger partial charge in [-0.2, -0.15) is 0 Å². The van der Waals surface area contributed by atoms with E-state index < -0.39 is 5.91 Å². The van der Waals surface area contributed by atoms with Crippen LogP contribution in [0.25, 0.3) is 0 Å². The molecule has 1 heterocycles. The molecule has 0 aliphatic heterocycles. The molecule has 1 atom stereocenters. The number of carbonyl (C=O) groups excluding carboxylic acids is 1. The fourth-order valence-electron chi connectivity index (χ4n) is 1.99. The van der Waals surface area contributed by atoms with Crippen LogP contribution >= 0.6 is 0 Å². The number of rotatable bonds is 7. The molecule has 0 radical (unpaired) electrons. The van der Waals surface area contributed by atoms with Gasteiger partial charge in [0.2, 0.25) is 0 Å². The summed E-state index contributed by atoms with van der Waals surface area (Å²) >= 11 is 0. The number of amides is 1. The SMILES string of the molecule is CCN(Cc1cc(C(=O)NN)no1)C(C)CN(C)C. The Kier molecular flexibility index (Phi) is 5.94. The summed E-state index contributed by atoms with van der Waals surface area (Å²) in [5.74, 6) is 5.26. The molecule has 19 heavy (non-hydrogen) atoms. The Balaban J connectivity index is 2.65. The number of hydrazine groups is 1. The van der Waals surface area contributed by atoms with Gasteiger partial charge >= 0.3 is 0 Å². The molecule has 3 N–H and O–H groups in total. The molecule has 1 amide bonds. The third-order valence-corrected chi connectivity index (χ3v) is 2.94. The Morgan fingerprint density at radius 3 is 2.79 bits per heavy atom. The zero-order valence-electron chi connectivity index (χ0n) is 12.0. The lowest BCUT2D eigenvalue weighted by atomic mass is 10.2. The zero-order valence-corrected chi connectivity index (χ0v) is 12.0. The second-order valence-electron chi connectivity index (χ2n) is 4.83. The molecule has 7 nitrogen and oxygen atoms in total. The highest BCUT2D eigenvalue weighted by atomic mass is 16.5. The lowest BCUT2D eigenvalue weighted by molar-refractivity contribution is 0.0944. The zero-order chi connectivity index (χ0) is 14.4. The Morgan fingerprint density at radius 2 is 2.26 bits per heavy atom. The van der Waals surface area contributed by atoms with Crippen molar-refractivity contribution in [1.82, 2.24) is 20.4 Å². The number of nitrogens with two attached hydrogens (primary N) is 1. The van der Waals surface area contributed by atoms with Crippen LogP contribution in [0.3, 0.4) is 0 Å². The molecular formula is C12H23N5O2. The van der Waals surface area contributed by atoms with Crippen LogP contribution in [0.5, 0.6) is 0 Å². The first-order chi connectivity index (χ1) is 8.97. The maximum Gasteiger partial charge on any atom is 0.287 e. The smallest absolute Gasteiger partial charge is 0.287 e. The fraction of sp³-hybridized carbons (Fsp3) is 0.667. The molecule has 0 aliphatic carbocycles. The molecule has 0 aromatic carbocycles. The van der Waals surface area contributed by atoms with Crippen molar-refractivity contribution < 1.29 is 9.32 Å². The first kappa shape index (κ1) is 15.6. The Hall–Kier alpha value is -1.44. The number of aromatic nitrogens is 1. The first-order valence-corrected chi connectivity index (χ1v) is 6.33. The van der Waals surface area contributed by atoms with E-state index in [0.717, 1.165) is 13.1 Å². The van der Waals surface area contributed by atoms with Gasteiger partial charge in [0.1, 0.15) is 0 Å². The molecule has 0 spiro atoms. The van der Waals surface area contributed by atoms with Crippen LogP contribution < -0.4 is 11.3 Å². The van der Waals surface area contributed by atoms with Crippen LogP contribution in [-0.4, -0.2) is 54.1 Å². The Morgan fingerprint density at radius 1 is 1.58 bits per heavy atom. The summed E-state index contributed by atoms with van der Waals surface area (Å²) < 4.78 is 5.15. The molecule has 1 aromatic heterocycles. The predicted octanol–water partition coefficient (Wildman–Crippen LogP) is 0.0501. The highest BCUT2D eigenvalue weighted by molar-refractivity contribution is 5.91. The van der Waals surface area contributed by atoms with Gasteiger partial charge in [-0.25, -0.2) is 5.84 Å². The van der Waals surface area contributed by atoms with Gasteiger partial charge in [0.15, 0.2) is 11.5 Å². The normalized spacial score (nSPS) is 13.0. The van der Waals surface area contributed by atoms with Gasteiger partial charge in [0.05, 0.1) is 6.54 Å². The van der Waals surface area contributed by atoms with Crippen LogP contribution in [0, 0.1) is 0 Å². The Labute approximate surface area is 113 Å². The van der Waals surface area contributed by atoms with E-state index in [1.54, 1.807) is 6.07 Å². The van der Waals surface area contributed by atoms with Gasteiger partial charge < -0.3 is 9.42 Å². The van der Waals surface area contributed by atoms with Crippen LogP contribution in [0.2, 0.25) is 0 Å². The molecule has 0 saturated heterocycles. The quantitative estimate of drug-likeness (QED) is 0.413. The summed E-state index contributed by atoms with van der Waals surface area (Å²) in [5.41, 5.74) is 2.23. The predicted molar refractivity (Wildman–Crippen MR) is 72.3 cm³/mol. The second kappa shape index (κ2) is 7.22. The number of carbonyl (C=O) groups is 1. The highest BCUT2D eigenvalue weighted by Crippen LogP contribution is 2.10. The summed E-state index contributed by atoms with van der Waals surface area (Å²) in [6.45, 7) is 6.73. The molecule has 7 heteroatoms. The minimum Gasteiger partial charge on any atom is -0.359 e. The van der Waals surface area contributed by atoms with Crippen LogP contribution in [0.1, 0.15) is 30.1 Å². The van der Waals surface area contributed by atoms with Crippen molar-refractivity contribution in [1.29, 1.82) is 0 Å². The number of nitrogens with zero attached hydrogens (tertiary/aromatic N) is 3. The van der Waals surface area contributed by atoms with Crippen molar-refractivity contribution in [2.75, 3.05) is 27.2 Å². The number of nitrogen functional groups attached to an aromatic ring is 1. The average molecular weight is 269 g/mol. The highest BCUT2D eigenvalue weighted by Gasteiger charge is 2.17. The maximum absolute atomic E-state index is 11.3. The van der Waals surface area contributed by atoms with Crippen LogP contribution in [0.15, 0.2) is 10.6 Å². The van der Waals surface area contributed by atoms with E-state index in [4.69, 9.17) is 10.4 Å². The molecule has 0 aliphatic rings. The monoisotopic (exact) mass is 269 g/mol. The first-order valence-electron chi connectivity index (χ1n) is 6.33. The summed E-state index contributed by atoms with van der Waals surface area (Å²) in [6, 6.07) is 2.00. The van der Waals surface area contributed by atoms with E-state index in [2.05, 4.69) is 28.8 Å². The molecule has 1 rings (SSSR count). The largest absolute Gasteiger partial charge is 0.359 e. The van der Waals surface area contributed by atoms with Gasteiger partial charge in [0.25, 0.3) is 5.91 Å². The summed E-state index contributed by atoms with van der Waals surface area (Å²) in [4.78, 5) is 15.7. The minimum atomic E-state index is -0.445. The lowest BCUT2D eigenvalue weighted by Gasteiger charge is -2.28. The van der Waals surface area contributed by atoms with Crippen molar-refractivity contribution in [3.8, 4) is 0 Å². The number of likely N-dealkylation sites (N-methyl/N-ethyl adjacent to an activating group) is 2. The van der Waals surface area contributed by atoms with Crippen molar-refractivity contribution in [2.45, 2.75) is 26.4 Å². The van der Waals surface area contributed by atoms with E-state index in [9.17, 15) is 4.79 Å². The number of hydrogen-bond donors (Lipinski definition) is 2. The summed E-state index contributed by atoms with van der Waals surface area (Å²) in [7, 11) is 4.09. The van der Waals surface area contributed by atoms with Crippen LogP contribution in [-0.2, 0) is 6.54 Å². The van der Waals surface area contributed by atoms with E-state index >= 15 is 0 Å². The van der Waals surface area contributed by atoms with Crippen molar-refractivity contribution in [3.05, 3.63) is 17.5 Å². The van der Waals surface area contributed by atoms with E-state index in [1.165, 1.54) is 0 Å². The van der Waals surface area contributed by atoms with Crippen LogP contribution in [0.4, 0.5) is 0 Å². The van der Waals surface area contributed by atoms with E-state index in [-0.39, 0.29) is 5.69 Å². The number of hydrogen-bond acceptors (Lipinski definition) is 6. The maximum atomic E-state index is 11.3. The van der Waals surface area contributed by atoms with Crippen molar-refractivity contribution >= 4 is 5.91 Å². The third kappa shape index (κ3) is 4.62. The van der Waals surface area contributed by atoms with Gasteiger partial charge in [-0.1, -0.05) is 12.1 Å². The van der Waals surface area contributed by atoms with Crippen molar-refractivity contribution in [2.24, 2.45) is 5.84 Å². The van der Waals surface area contributed by atoms with Gasteiger partial charge in [-0.3, -0.25) is 15.1 Å². The fourth-order valence-corrected chi connectivity index (χ4v) is 1.99. The lowest BCUT2D eigenvalue weighted by Crippen LogP contribution is -2.39. The second-order valence-corrected chi connectivity index (χ2v) is 4.83. The third-order valence-electron chi connectivity index (χ3n) is 2.94. The molecule has 0 saturated carbocycles. The Bertz CT molecular complexity index is 405. The van der Waals surface area contributed by atoms with Gasteiger partial charge in [-0.05, 0) is 27.6 Å². The topological polar surface area (TPSA) is 87.6 Å². The molecule has 108 valence electrons. The van der Waals surface area contributed by atoms with E-state index in [0.29, 0.717) is 18.3 Å². The minimum absolute atomic E-state index is 0.203. The standard InChI is InChI=1S/C12H23N5O2/c1-5-17(9(2)7-16(3)4)8-10-6-11(15-19-10)12(18)14-13/h6,9H,5,7-8,13H2,1-4H3,(H,14,18). The summed E-state index contributed by atoms with van der Waals surface area (Å²) in [5, 5.41) is 3.69. The van der Waals surface area contributed by atoms with Crippen molar-refractivity contribution in [3.63, 3.8) is 0 Å². The van der Waals surface area contributed by atoms with Gasteiger partial charge in [0, 0.05) is 18.7 Å².